The number of amides is 1. The average molecular weight is 480 g/mol. The third kappa shape index (κ3) is 6.27. The van der Waals surface area contributed by atoms with Crippen LogP contribution in [0.1, 0.15) is 22.0 Å². The number of anilines is 2. The van der Waals surface area contributed by atoms with Crippen LogP contribution in [-0.4, -0.2) is 30.8 Å². The molecule has 1 atom stereocenters. The second-order valence-electron chi connectivity index (χ2n) is 7.78. The number of ether oxygens (including phenoxy) is 1. The molecule has 1 amide bonds. The standard InChI is InChI=1S/C26H23F3N4O2/c1-30-16-24(33-23-13-14-31-22-8-3-2-7-21(22)23)18-5-4-6-19(15-18)32-25(34)17-9-11-20(12-10-17)35-26(27,28)29/h2-15,24,30H,16H2,1H3,(H,31,33)(H,32,34). The number of hydrogen-bond donors (Lipinski definition) is 3. The molecule has 0 aliphatic carbocycles. The number of rotatable bonds is 8. The highest BCUT2D eigenvalue weighted by atomic mass is 19.4. The Bertz CT molecular complexity index is 1300. The third-order valence-corrected chi connectivity index (χ3v) is 5.28. The van der Waals surface area contributed by atoms with Crippen molar-refractivity contribution in [1.82, 2.24) is 10.3 Å². The summed E-state index contributed by atoms with van der Waals surface area (Å²) in [7, 11) is 1.86. The molecular weight excluding hydrogens is 457 g/mol. The van der Waals surface area contributed by atoms with Gasteiger partial charge in [0.2, 0.25) is 0 Å². The number of hydrogen-bond acceptors (Lipinski definition) is 5. The predicted octanol–water partition coefficient (Wildman–Crippen LogP) is 5.76. The van der Waals surface area contributed by atoms with Crippen LogP contribution in [-0.2, 0) is 0 Å². The van der Waals surface area contributed by atoms with Gasteiger partial charge in [-0.2, -0.15) is 0 Å². The van der Waals surface area contributed by atoms with Gasteiger partial charge in [0.1, 0.15) is 5.75 Å². The van der Waals surface area contributed by atoms with Gasteiger partial charge in [-0.1, -0.05) is 30.3 Å². The molecule has 1 heterocycles. The van der Waals surface area contributed by atoms with Gasteiger partial charge in [-0.3, -0.25) is 9.78 Å². The van der Waals surface area contributed by atoms with Crippen molar-refractivity contribution in [2.45, 2.75) is 12.4 Å². The number of pyridine rings is 1. The normalized spacial score (nSPS) is 12.2. The molecule has 0 aliphatic rings. The van der Waals surface area contributed by atoms with Gasteiger partial charge in [0.25, 0.3) is 5.91 Å². The van der Waals surface area contributed by atoms with Crippen LogP contribution in [0.3, 0.4) is 0 Å². The first-order valence-electron chi connectivity index (χ1n) is 10.8. The molecule has 180 valence electrons. The Balaban J connectivity index is 1.51. The summed E-state index contributed by atoms with van der Waals surface area (Å²) >= 11 is 0. The second kappa shape index (κ2) is 10.4. The molecule has 0 aliphatic heterocycles. The summed E-state index contributed by atoms with van der Waals surface area (Å²) < 4.78 is 40.9. The highest BCUT2D eigenvalue weighted by molar-refractivity contribution is 6.04. The molecule has 0 saturated carbocycles. The first-order chi connectivity index (χ1) is 16.8. The van der Waals surface area contributed by atoms with Gasteiger partial charge < -0.3 is 20.7 Å². The Kier molecular flexibility index (Phi) is 7.17. The van der Waals surface area contributed by atoms with Gasteiger partial charge in [-0.05, 0) is 61.1 Å². The minimum Gasteiger partial charge on any atom is -0.406 e. The lowest BCUT2D eigenvalue weighted by Gasteiger charge is -2.22. The number of alkyl halides is 3. The number of carbonyl (C=O) groups is 1. The maximum absolute atomic E-state index is 12.6. The van der Waals surface area contributed by atoms with E-state index >= 15 is 0 Å². The van der Waals surface area contributed by atoms with Crippen molar-refractivity contribution in [2.75, 3.05) is 24.2 Å². The number of halogens is 3. The third-order valence-electron chi connectivity index (χ3n) is 5.28. The maximum Gasteiger partial charge on any atom is 0.573 e. The lowest BCUT2D eigenvalue weighted by molar-refractivity contribution is -0.274. The van der Waals surface area contributed by atoms with Crippen molar-refractivity contribution in [1.29, 1.82) is 0 Å². The number of nitrogens with one attached hydrogen (secondary N) is 3. The van der Waals surface area contributed by atoms with Crippen LogP contribution in [0.4, 0.5) is 24.5 Å². The smallest absolute Gasteiger partial charge is 0.406 e. The average Bonchev–Trinajstić information content (AvgIpc) is 2.83. The summed E-state index contributed by atoms with van der Waals surface area (Å²) in [5, 5.41) is 10.5. The van der Waals surface area contributed by atoms with Crippen LogP contribution in [0.15, 0.2) is 85.1 Å². The van der Waals surface area contributed by atoms with Crippen molar-refractivity contribution in [3.05, 3.63) is 96.2 Å². The fourth-order valence-electron chi connectivity index (χ4n) is 3.71. The van der Waals surface area contributed by atoms with Crippen molar-refractivity contribution >= 4 is 28.2 Å². The maximum atomic E-state index is 12.6. The monoisotopic (exact) mass is 480 g/mol. The van der Waals surface area contributed by atoms with Crippen LogP contribution < -0.4 is 20.7 Å². The Labute approximate surface area is 200 Å². The van der Waals surface area contributed by atoms with Crippen LogP contribution in [0, 0.1) is 0 Å². The van der Waals surface area contributed by atoms with Crippen molar-refractivity contribution in [2.24, 2.45) is 0 Å². The minimum atomic E-state index is -4.79. The zero-order chi connectivity index (χ0) is 24.8. The molecule has 0 fully saturated rings. The van der Waals surface area contributed by atoms with Crippen molar-refractivity contribution < 1.29 is 22.7 Å². The number of benzene rings is 3. The van der Waals surface area contributed by atoms with Crippen molar-refractivity contribution in [3.63, 3.8) is 0 Å². The van der Waals surface area contributed by atoms with Gasteiger partial charge >= 0.3 is 6.36 Å². The molecule has 6 nitrogen and oxygen atoms in total. The number of nitrogens with zero attached hydrogens (tertiary/aromatic N) is 1. The summed E-state index contributed by atoms with van der Waals surface area (Å²) in [5.41, 5.74) is 3.52. The van der Waals surface area contributed by atoms with E-state index in [9.17, 15) is 18.0 Å². The molecule has 0 saturated heterocycles. The zero-order valence-corrected chi connectivity index (χ0v) is 18.8. The van der Waals surface area contributed by atoms with Crippen LogP contribution in [0.25, 0.3) is 10.9 Å². The van der Waals surface area contributed by atoms with Crippen molar-refractivity contribution in [3.8, 4) is 5.75 Å². The lowest BCUT2D eigenvalue weighted by Crippen LogP contribution is -2.24. The highest BCUT2D eigenvalue weighted by Gasteiger charge is 2.31. The Morgan fingerprint density at radius 2 is 1.77 bits per heavy atom. The number of carbonyl (C=O) groups excluding carboxylic acids is 1. The molecule has 9 heteroatoms. The molecule has 0 radical (unpaired) electrons. The molecule has 4 rings (SSSR count). The molecule has 3 aromatic carbocycles. The number of fused-ring (bicyclic) bond motifs is 1. The van der Waals surface area contributed by atoms with E-state index in [0.717, 1.165) is 34.3 Å². The number of likely N-dealkylation sites (N-methyl/N-ethyl adjacent to an activating group) is 1. The summed E-state index contributed by atoms with van der Waals surface area (Å²) in [6, 6.07) is 21.8. The van der Waals surface area contributed by atoms with E-state index in [0.29, 0.717) is 12.2 Å². The van der Waals surface area contributed by atoms with Gasteiger partial charge in [-0.25, -0.2) is 0 Å². The molecule has 0 bridgehead atoms. The van der Waals surface area contributed by atoms with E-state index in [1.807, 2.05) is 55.6 Å². The van der Waals surface area contributed by atoms with E-state index in [2.05, 4.69) is 25.7 Å². The highest BCUT2D eigenvalue weighted by Crippen LogP contribution is 2.27. The van der Waals surface area contributed by atoms with E-state index in [4.69, 9.17) is 0 Å². The van der Waals surface area contributed by atoms with E-state index in [1.165, 1.54) is 12.1 Å². The van der Waals surface area contributed by atoms with Gasteiger partial charge in [-0.15, -0.1) is 13.2 Å². The van der Waals surface area contributed by atoms with Crippen LogP contribution in [0.5, 0.6) is 5.75 Å². The predicted molar refractivity (Wildman–Crippen MR) is 130 cm³/mol. The van der Waals surface area contributed by atoms with E-state index in [1.54, 1.807) is 12.3 Å². The quantitative estimate of drug-likeness (QED) is 0.299. The first kappa shape index (κ1) is 24.0. The fraction of sp³-hybridized carbons (Fsp3) is 0.154. The Hall–Kier alpha value is -4.11. The first-order valence-corrected chi connectivity index (χ1v) is 10.8. The molecule has 35 heavy (non-hydrogen) atoms. The Morgan fingerprint density at radius 1 is 1.00 bits per heavy atom. The van der Waals surface area contributed by atoms with Gasteiger partial charge in [0.05, 0.1) is 11.6 Å². The fourth-order valence-corrected chi connectivity index (χ4v) is 3.71. The summed E-state index contributed by atoms with van der Waals surface area (Å²) in [6.45, 7) is 0.620. The summed E-state index contributed by atoms with van der Waals surface area (Å²) in [5.74, 6) is -0.834. The van der Waals surface area contributed by atoms with E-state index < -0.39 is 12.3 Å². The second-order valence-corrected chi connectivity index (χ2v) is 7.78. The summed E-state index contributed by atoms with van der Waals surface area (Å²) in [6.07, 6.45) is -3.03. The molecule has 1 unspecified atom stereocenters. The zero-order valence-electron chi connectivity index (χ0n) is 18.8. The lowest BCUT2D eigenvalue weighted by atomic mass is 10.0. The van der Waals surface area contributed by atoms with Crippen LogP contribution >= 0.6 is 0 Å². The Morgan fingerprint density at radius 3 is 2.51 bits per heavy atom. The number of aromatic nitrogens is 1. The SMILES string of the molecule is CNCC(Nc1ccnc2ccccc12)c1cccc(NC(=O)c2ccc(OC(F)(F)F)cc2)c1. The molecular formula is C26H23F3N4O2. The molecule has 4 aromatic rings. The van der Waals surface area contributed by atoms with Gasteiger partial charge in [0, 0.05) is 35.1 Å². The largest absolute Gasteiger partial charge is 0.573 e. The topological polar surface area (TPSA) is 75.3 Å². The minimum absolute atomic E-state index is 0.110. The molecule has 0 spiro atoms. The molecule has 3 N–H and O–H groups in total. The van der Waals surface area contributed by atoms with E-state index in [-0.39, 0.29) is 17.4 Å². The van der Waals surface area contributed by atoms with Crippen LogP contribution in [0.2, 0.25) is 0 Å². The summed E-state index contributed by atoms with van der Waals surface area (Å²) in [4.78, 5) is 17.0. The number of para-hydroxylation sites is 1. The molecule has 1 aromatic heterocycles. The van der Waals surface area contributed by atoms with Gasteiger partial charge in [0.15, 0.2) is 0 Å².